The summed E-state index contributed by atoms with van der Waals surface area (Å²) >= 11 is 0. The van der Waals surface area contributed by atoms with Gasteiger partial charge in [-0.15, -0.1) is 0 Å². The van der Waals surface area contributed by atoms with Crippen molar-refractivity contribution in [1.82, 2.24) is 0 Å². The minimum atomic E-state index is -5.42. The Morgan fingerprint density at radius 2 is 0.935 bits per heavy atom. The molecule has 2 aliphatic carbocycles. The second-order valence-corrected chi connectivity index (χ2v) is 16.9. The molecule has 2 unspecified atom stereocenters. The summed E-state index contributed by atoms with van der Waals surface area (Å²) in [6, 6.07) is 17.6. The van der Waals surface area contributed by atoms with Crippen LogP contribution in [0.1, 0.15) is 46.2 Å². The van der Waals surface area contributed by atoms with Gasteiger partial charge in [-0.1, -0.05) is 72.8 Å². The van der Waals surface area contributed by atoms with Crippen LogP contribution in [0.4, 0.5) is 26.3 Å². The number of nitrogens with two attached hydrogens (primary N) is 2. The lowest BCUT2D eigenvalue weighted by molar-refractivity contribution is -0.169. The van der Waals surface area contributed by atoms with Crippen LogP contribution in [0, 0.1) is 0 Å². The van der Waals surface area contributed by atoms with Crippen molar-refractivity contribution in [2.75, 3.05) is 14.2 Å². The number of aliphatic imine (C=N–C) groups is 2. The van der Waals surface area contributed by atoms with E-state index in [2.05, 4.69) is 20.2 Å². The number of hydrogen-bond acceptors (Lipinski definition) is 12. The topological polar surface area (TPSA) is 263 Å². The minimum absolute atomic E-state index is 0.213. The van der Waals surface area contributed by atoms with Gasteiger partial charge in [-0.2, -0.15) is 53.4 Å². The number of halogens is 6. The smallest absolute Gasteiger partial charge is 0.473 e. The Kier molecular flexibility index (Phi) is 11.4. The molecule has 2 amide bonds. The first-order valence-electron chi connectivity index (χ1n) is 17.4. The van der Waals surface area contributed by atoms with Crippen LogP contribution in [0.3, 0.4) is 0 Å². The molecule has 24 heteroatoms. The van der Waals surface area contributed by atoms with Crippen molar-refractivity contribution in [2.24, 2.45) is 31.9 Å². The second kappa shape index (κ2) is 15.8. The molecule has 0 spiro atoms. The van der Waals surface area contributed by atoms with Crippen molar-refractivity contribution in [3.63, 3.8) is 0 Å². The number of fused-ring (bicyclic) bond motifs is 2. The summed E-state index contributed by atoms with van der Waals surface area (Å²) in [7, 11) is -8.46. The third-order valence-corrected chi connectivity index (χ3v) is 13.3. The first-order valence-corrected chi connectivity index (χ1v) is 20.2. The Morgan fingerprint density at radius 3 is 1.23 bits per heavy atom. The van der Waals surface area contributed by atoms with Gasteiger partial charge in [0.1, 0.15) is 11.5 Å². The van der Waals surface area contributed by atoms with Crippen LogP contribution >= 0.6 is 0 Å². The highest BCUT2D eigenvalue weighted by Crippen LogP contribution is 2.52. The van der Waals surface area contributed by atoms with E-state index in [1.54, 1.807) is 0 Å². The van der Waals surface area contributed by atoms with Gasteiger partial charge >= 0.3 is 24.2 Å². The Morgan fingerprint density at radius 1 is 0.597 bits per heavy atom. The van der Waals surface area contributed by atoms with Gasteiger partial charge in [0.2, 0.25) is 0 Å². The maximum absolute atomic E-state index is 13.6. The molecule has 0 saturated carbocycles. The number of carbonyl (C=O) groups is 2. The fourth-order valence-electron chi connectivity index (χ4n) is 7.64. The van der Waals surface area contributed by atoms with E-state index in [0.29, 0.717) is 0 Å². The van der Waals surface area contributed by atoms with Crippen LogP contribution < -0.4 is 21.2 Å². The second-order valence-electron chi connectivity index (χ2n) is 13.6. The highest BCUT2D eigenvalue weighted by molar-refractivity contribution is 7.87. The quantitative estimate of drug-likeness (QED) is 0.0842. The maximum atomic E-state index is 13.6. The first kappa shape index (κ1) is 45.0. The summed E-state index contributed by atoms with van der Waals surface area (Å²) in [6.45, 7) is 0. The average molecular weight is 909 g/mol. The highest BCUT2D eigenvalue weighted by atomic mass is 32.2. The largest absolute Gasteiger partial charge is 0.496 e. The zero-order valence-electron chi connectivity index (χ0n) is 31.7. The number of carbonyl (C=O) groups excluding carboxylic acids is 2. The molecule has 6 rings (SSSR count). The zero-order chi connectivity index (χ0) is 45.8. The molecule has 16 nitrogen and oxygen atoms in total. The lowest BCUT2D eigenvalue weighted by atomic mass is 9.75. The summed E-state index contributed by atoms with van der Waals surface area (Å²) < 4.78 is 162. The molecule has 326 valence electrons. The molecule has 4 aromatic carbocycles. The number of amides is 2. The van der Waals surface area contributed by atoms with Gasteiger partial charge in [0.25, 0.3) is 20.2 Å². The van der Waals surface area contributed by atoms with Crippen molar-refractivity contribution < 1.29 is 71.3 Å². The molecule has 4 aromatic rings. The molecule has 0 saturated heterocycles. The Labute approximate surface area is 347 Å². The van der Waals surface area contributed by atoms with Crippen LogP contribution in [-0.4, -0.2) is 87.2 Å². The third-order valence-electron chi connectivity index (χ3n) is 10.3. The fourth-order valence-corrected chi connectivity index (χ4v) is 10.1. The van der Waals surface area contributed by atoms with Gasteiger partial charge in [-0.25, -0.2) is 9.98 Å². The van der Waals surface area contributed by atoms with Crippen molar-refractivity contribution in [3.05, 3.63) is 118 Å². The average Bonchev–Trinajstić information content (AvgIpc) is 3.21. The van der Waals surface area contributed by atoms with Crippen LogP contribution in [0.25, 0.3) is 11.1 Å². The summed E-state index contributed by atoms with van der Waals surface area (Å²) in [6.07, 6.45) is -12.7. The fraction of sp³-hybridized carbons (Fsp3) is 0.211. The molecule has 0 fully saturated rings. The van der Waals surface area contributed by atoms with Crippen molar-refractivity contribution in [3.8, 4) is 22.6 Å². The van der Waals surface area contributed by atoms with Gasteiger partial charge in [0.15, 0.2) is 9.49 Å². The number of methoxy groups -OCH3 is 2. The normalized spacial score (nSPS) is 22.0. The third kappa shape index (κ3) is 7.36. The molecule has 2 atom stereocenters. The van der Waals surface area contributed by atoms with E-state index >= 15 is 0 Å². The molecular weight excluding hydrogens is 879 g/mol. The predicted molar refractivity (Wildman–Crippen MR) is 210 cm³/mol. The molecular formula is C38H30F6N6O10S2. The van der Waals surface area contributed by atoms with Gasteiger partial charge in [0, 0.05) is 35.1 Å². The Hall–Kier alpha value is -6.50. The maximum Gasteiger partial charge on any atom is 0.473 e. The van der Waals surface area contributed by atoms with Gasteiger partial charge in [-0.05, 0) is 34.4 Å². The first-order chi connectivity index (χ1) is 28.9. The Bertz CT molecular complexity index is 2700. The molecule has 6 N–H and O–H groups in total. The summed E-state index contributed by atoms with van der Waals surface area (Å²) in [5.41, 5.74) is -4.03. The van der Waals surface area contributed by atoms with Gasteiger partial charge < -0.3 is 21.2 Å². The lowest BCUT2D eigenvalue weighted by Gasteiger charge is -2.38. The SMILES string of the molecule is COc1cc(-c2ccc(C3(S(=O)(=O)O)C/C(=N\N)C(=NC(=O)C(F)(F)F)c4ccccc43)c(OC)c2)ccc1C1(S(=O)(=O)O)C/C(=N/N)C(=NC(=O)C(F)(F)F)c2ccccc21. The minimum Gasteiger partial charge on any atom is -0.496 e. The molecule has 0 aliphatic heterocycles. The molecule has 2 aliphatic rings. The van der Waals surface area contributed by atoms with Crippen LogP contribution in [0.5, 0.6) is 11.5 Å². The van der Waals surface area contributed by atoms with E-state index in [9.17, 15) is 61.9 Å². The van der Waals surface area contributed by atoms with E-state index in [1.807, 2.05) is 0 Å². The molecule has 0 bridgehead atoms. The lowest BCUT2D eigenvalue weighted by Crippen LogP contribution is -2.46. The van der Waals surface area contributed by atoms with Crippen molar-refractivity contribution in [1.29, 1.82) is 0 Å². The van der Waals surface area contributed by atoms with Crippen LogP contribution in [0.15, 0.2) is 105 Å². The number of nitrogens with zero attached hydrogens (tertiary/aromatic N) is 4. The molecule has 0 heterocycles. The molecule has 0 radical (unpaired) electrons. The number of benzene rings is 4. The molecule has 0 aromatic heterocycles. The number of rotatable bonds is 7. The summed E-state index contributed by atoms with van der Waals surface area (Å²) in [4.78, 5) is 30.3. The standard InChI is InChI=1S/C38H30F6N6O10S2/c1-59-29-15-19(11-13-25(29)35(61(53,54)55)17-27(49-45)31(47-33(51)37(39,40)41)21-7-3-5-9-23(21)35)20-12-14-26(30(16-20)60-2)36(62(56,57)58)18-28(50-46)32(48-34(52)38(42,43)44)22-8-4-6-10-24(22)36/h3-16H,17-18,45-46H2,1-2H3,(H,53,54,55)(H,56,57,58)/b47-31?,48-32?,49-27-,50-28+. The van der Waals surface area contributed by atoms with E-state index < -0.39 is 89.6 Å². The van der Waals surface area contributed by atoms with Crippen LogP contribution in [-0.2, 0) is 39.3 Å². The van der Waals surface area contributed by atoms with Gasteiger partial charge in [-0.3, -0.25) is 18.7 Å². The van der Waals surface area contributed by atoms with Crippen LogP contribution in [0.2, 0.25) is 0 Å². The van der Waals surface area contributed by atoms with Gasteiger partial charge in [0.05, 0.1) is 37.1 Å². The van der Waals surface area contributed by atoms with E-state index in [1.165, 1.54) is 72.8 Å². The van der Waals surface area contributed by atoms with Crippen molar-refractivity contribution in [2.45, 2.75) is 34.7 Å². The predicted octanol–water partition coefficient (Wildman–Crippen LogP) is 4.83. The number of ether oxygens (including phenoxy) is 2. The highest BCUT2D eigenvalue weighted by Gasteiger charge is 2.56. The number of alkyl halides is 6. The number of hydrazone groups is 2. The summed E-state index contributed by atoms with van der Waals surface area (Å²) in [5, 5.41) is 6.90. The van der Waals surface area contributed by atoms with E-state index in [-0.39, 0.29) is 56.0 Å². The van der Waals surface area contributed by atoms with E-state index in [4.69, 9.17) is 21.2 Å². The molecule has 62 heavy (non-hydrogen) atoms. The van der Waals surface area contributed by atoms with Crippen molar-refractivity contribution >= 4 is 54.9 Å². The summed E-state index contributed by atoms with van der Waals surface area (Å²) in [5.74, 6) is 5.52. The monoisotopic (exact) mass is 908 g/mol. The zero-order valence-corrected chi connectivity index (χ0v) is 33.3. The number of hydrogen-bond donors (Lipinski definition) is 4. The Balaban J connectivity index is 1.55. The van der Waals surface area contributed by atoms with E-state index in [0.717, 1.165) is 26.4 Å².